The Balaban J connectivity index is 1.47. The van der Waals surface area contributed by atoms with Crippen LogP contribution in [0.2, 0.25) is 0 Å². The number of benzene rings is 3. The minimum absolute atomic E-state index is 0.0439. The molecule has 0 radical (unpaired) electrons. The molecule has 2 amide bonds. The Bertz CT molecular complexity index is 1050. The van der Waals surface area contributed by atoms with Gasteiger partial charge in [-0.1, -0.05) is 48.5 Å². The van der Waals surface area contributed by atoms with E-state index in [4.69, 9.17) is 4.74 Å². The first kappa shape index (κ1) is 21.8. The zero-order valence-corrected chi connectivity index (χ0v) is 17.3. The lowest BCUT2D eigenvalue weighted by Crippen LogP contribution is -2.22. The molecule has 3 rings (SSSR count). The summed E-state index contributed by atoms with van der Waals surface area (Å²) < 4.78 is 5.00. The van der Waals surface area contributed by atoms with Crippen molar-refractivity contribution in [2.45, 2.75) is 26.3 Å². The summed E-state index contributed by atoms with van der Waals surface area (Å²) in [4.78, 5) is 35.5. The van der Waals surface area contributed by atoms with Crippen LogP contribution in [0.4, 0.5) is 5.69 Å². The van der Waals surface area contributed by atoms with E-state index in [0.717, 1.165) is 11.1 Å². The Morgan fingerprint density at radius 1 is 0.839 bits per heavy atom. The van der Waals surface area contributed by atoms with Crippen molar-refractivity contribution in [3.05, 3.63) is 95.6 Å². The number of anilines is 1. The van der Waals surface area contributed by atoms with Crippen LogP contribution < -0.4 is 15.4 Å². The molecule has 0 saturated heterocycles. The third-order valence-corrected chi connectivity index (χ3v) is 4.53. The van der Waals surface area contributed by atoms with Gasteiger partial charge in [-0.3, -0.25) is 14.4 Å². The molecule has 0 spiro atoms. The van der Waals surface area contributed by atoms with Crippen LogP contribution in [0.25, 0.3) is 0 Å². The summed E-state index contributed by atoms with van der Waals surface area (Å²) in [5.74, 6) is -0.429. The third kappa shape index (κ3) is 7.12. The standard InChI is InChI=1S/C25H24N2O4/c1-18(28)31-23-9-5-8-21(16-23)25(30)26-17-20-10-13-22(14-11-20)27-24(29)15-12-19-6-3-2-4-7-19/h2-11,13-14,16H,12,15,17H2,1H3,(H,26,30)(H,27,29). The number of nitrogens with one attached hydrogen (secondary N) is 2. The van der Waals surface area contributed by atoms with Crippen molar-refractivity contribution in [2.75, 3.05) is 5.32 Å². The Kier molecular flexibility index (Phi) is 7.54. The maximum atomic E-state index is 12.3. The zero-order chi connectivity index (χ0) is 22.1. The van der Waals surface area contributed by atoms with E-state index >= 15 is 0 Å². The molecule has 0 aliphatic rings. The summed E-state index contributed by atoms with van der Waals surface area (Å²) in [7, 11) is 0. The number of ether oxygens (including phenoxy) is 1. The number of esters is 1. The minimum Gasteiger partial charge on any atom is -0.427 e. The van der Waals surface area contributed by atoms with Gasteiger partial charge >= 0.3 is 5.97 Å². The van der Waals surface area contributed by atoms with Gasteiger partial charge in [0.1, 0.15) is 5.75 Å². The summed E-state index contributed by atoms with van der Waals surface area (Å²) >= 11 is 0. The minimum atomic E-state index is -0.440. The molecular formula is C25H24N2O4. The number of rotatable bonds is 8. The normalized spacial score (nSPS) is 10.2. The van der Waals surface area contributed by atoms with Crippen LogP contribution in [0.5, 0.6) is 5.75 Å². The molecule has 0 saturated carbocycles. The van der Waals surface area contributed by atoms with Crippen molar-refractivity contribution in [1.82, 2.24) is 5.32 Å². The fraction of sp³-hybridized carbons (Fsp3) is 0.160. The molecule has 0 unspecified atom stereocenters. The van der Waals surface area contributed by atoms with Crippen LogP contribution in [-0.4, -0.2) is 17.8 Å². The molecule has 0 fully saturated rings. The second kappa shape index (κ2) is 10.7. The van der Waals surface area contributed by atoms with E-state index in [1.54, 1.807) is 18.2 Å². The molecule has 0 atom stereocenters. The van der Waals surface area contributed by atoms with Gasteiger partial charge in [0.15, 0.2) is 0 Å². The van der Waals surface area contributed by atoms with Crippen molar-refractivity contribution in [3.8, 4) is 5.75 Å². The van der Waals surface area contributed by atoms with E-state index < -0.39 is 5.97 Å². The molecular weight excluding hydrogens is 392 g/mol. The lowest BCUT2D eigenvalue weighted by Gasteiger charge is -2.09. The van der Waals surface area contributed by atoms with E-state index in [1.807, 2.05) is 54.6 Å². The number of carbonyl (C=O) groups is 3. The summed E-state index contributed by atoms with van der Waals surface area (Å²) in [6.45, 7) is 1.64. The van der Waals surface area contributed by atoms with Gasteiger partial charge in [0.05, 0.1) is 0 Å². The molecule has 31 heavy (non-hydrogen) atoms. The molecule has 3 aromatic carbocycles. The molecule has 0 heterocycles. The lowest BCUT2D eigenvalue weighted by molar-refractivity contribution is -0.131. The van der Waals surface area contributed by atoms with Crippen molar-refractivity contribution in [3.63, 3.8) is 0 Å². The summed E-state index contributed by atoms with van der Waals surface area (Å²) in [5, 5.41) is 5.71. The molecule has 158 valence electrons. The maximum Gasteiger partial charge on any atom is 0.308 e. The monoisotopic (exact) mass is 416 g/mol. The van der Waals surface area contributed by atoms with E-state index in [9.17, 15) is 14.4 Å². The largest absolute Gasteiger partial charge is 0.427 e. The van der Waals surface area contributed by atoms with Gasteiger partial charge in [0.2, 0.25) is 5.91 Å². The Morgan fingerprint density at radius 3 is 2.29 bits per heavy atom. The molecule has 6 heteroatoms. The fourth-order valence-corrected chi connectivity index (χ4v) is 2.98. The first-order chi connectivity index (χ1) is 15.0. The zero-order valence-electron chi connectivity index (χ0n) is 17.3. The van der Waals surface area contributed by atoms with Gasteiger partial charge in [-0.15, -0.1) is 0 Å². The van der Waals surface area contributed by atoms with Crippen LogP contribution in [-0.2, 0) is 22.6 Å². The molecule has 0 bridgehead atoms. The van der Waals surface area contributed by atoms with Gasteiger partial charge in [-0.05, 0) is 47.9 Å². The smallest absolute Gasteiger partial charge is 0.308 e. The Morgan fingerprint density at radius 2 is 1.58 bits per heavy atom. The van der Waals surface area contributed by atoms with E-state index in [-0.39, 0.29) is 11.8 Å². The number of carbonyl (C=O) groups excluding carboxylic acids is 3. The van der Waals surface area contributed by atoms with Gasteiger partial charge in [0, 0.05) is 31.1 Å². The Hall–Kier alpha value is -3.93. The average molecular weight is 416 g/mol. The average Bonchev–Trinajstić information content (AvgIpc) is 2.77. The van der Waals surface area contributed by atoms with Crippen LogP contribution >= 0.6 is 0 Å². The van der Waals surface area contributed by atoms with Gasteiger partial charge in [0.25, 0.3) is 5.91 Å². The molecule has 0 aliphatic carbocycles. The van der Waals surface area contributed by atoms with Crippen molar-refractivity contribution >= 4 is 23.5 Å². The van der Waals surface area contributed by atoms with Gasteiger partial charge in [-0.2, -0.15) is 0 Å². The number of hydrogen-bond donors (Lipinski definition) is 2. The SMILES string of the molecule is CC(=O)Oc1cccc(C(=O)NCc2ccc(NC(=O)CCc3ccccc3)cc2)c1. The number of aryl methyl sites for hydroxylation is 1. The Labute approximate surface area is 181 Å². The predicted octanol–water partition coefficient (Wildman–Crippen LogP) is 4.11. The fourth-order valence-electron chi connectivity index (χ4n) is 2.98. The third-order valence-electron chi connectivity index (χ3n) is 4.53. The maximum absolute atomic E-state index is 12.3. The van der Waals surface area contributed by atoms with E-state index in [2.05, 4.69) is 10.6 Å². The number of hydrogen-bond acceptors (Lipinski definition) is 4. The molecule has 6 nitrogen and oxygen atoms in total. The first-order valence-corrected chi connectivity index (χ1v) is 9.99. The molecule has 3 aromatic rings. The van der Waals surface area contributed by atoms with Crippen molar-refractivity contribution < 1.29 is 19.1 Å². The molecule has 2 N–H and O–H groups in total. The summed E-state index contributed by atoms with van der Waals surface area (Å²) in [6, 6.07) is 23.6. The molecule has 0 aromatic heterocycles. The van der Waals surface area contributed by atoms with Crippen molar-refractivity contribution in [2.24, 2.45) is 0 Å². The highest BCUT2D eigenvalue weighted by atomic mass is 16.5. The van der Waals surface area contributed by atoms with Crippen molar-refractivity contribution in [1.29, 1.82) is 0 Å². The second-order valence-electron chi connectivity index (χ2n) is 7.03. The van der Waals surface area contributed by atoms with Crippen LogP contribution in [0.15, 0.2) is 78.9 Å². The predicted molar refractivity (Wildman–Crippen MR) is 119 cm³/mol. The molecule has 0 aliphatic heterocycles. The number of amides is 2. The highest BCUT2D eigenvalue weighted by molar-refractivity contribution is 5.94. The summed E-state index contributed by atoms with van der Waals surface area (Å²) in [5.41, 5.74) is 3.14. The lowest BCUT2D eigenvalue weighted by atomic mass is 10.1. The quantitative estimate of drug-likeness (QED) is 0.427. The summed E-state index contributed by atoms with van der Waals surface area (Å²) in [6.07, 6.45) is 1.10. The highest BCUT2D eigenvalue weighted by Crippen LogP contribution is 2.14. The van der Waals surface area contributed by atoms with Crippen LogP contribution in [0, 0.1) is 0 Å². The van der Waals surface area contributed by atoms with E-state index in [0.29, 0.717) is 36.4 Å². The topological polar surface area (TPSA) is 84.5 Å². The second-order valence-corrected chi connectivity index (χ2v) is 7.03. The van der Waals surface area contributed by atoms with E-state index in [1.165, 1.54) is 13.0 Å². The van der Waals surface area contributed by atoms with Gasteiger partial charge < -0.3 is 15.4 Å². The van der Waals surface area contributed by atoms with Crippen LogP contribution in [0.1, 0.15) is 34.8 Å². The highest BCUT2D eigenvalue weighted by Gasteiger charge is 2.08. The van der Waals surface area contributed by atoms with Crippen LogP contribution in [0.3, 0.4) is 0 Å². The first-order valence-electron chi connectivity index (χ1n) is 9.99. The van der Waals surface area contributed by atoms with Gasteiger partial charge in [-0.25, -0.2) is 0 Å².